The third kappa shape index (κ3) is 3.41. The number of ether oxygens (including phenoxy) is 2. The van der Waals surface area contributed by atoms with Crippen molar-refractivity contribution in [3.63, 3.8) is 0 Å². The van der Waals surface area contributed by atoms with Crippen LogP contribution in [0.2, 0.25) is 0 Å². The fraction of sp³-hybridized carbons (Fsp3) is 0.417. The summed E-state index contributed by atoms with van der Waals surface area (Å²) in [7, 11) is 2.73. The SMILES string of the molecule is CNC(C)(COc1cc(F)ccc1[N+](=O)[O-])C(=O)OC. The van der Waals surface area contributed by atoms with Crippen LogP contribution in [0.1, 0.15) is 6.92 Å². The van der Waals surface area contributed by atoms with Crippen LogP contribution in [0.15, 0.2) is 18.2 Å². The summed E-state index contributed by atoms with van der Waals surface area (Å²) in [4.78, 5) is 21.7. The molecule has 1 atom stereocenters. The van der Waals surface area contributed by atoms with Gasteiger partial charge in [0.2, 0.25) is 0 Å². The molecule has 1 aromatic rings. The van der Waals surface area contributed by atoms with Gasteiger partial charge in [0.1, 0.15) is 18.0 Å². The Hall–Kier alpha value is -2.22. The van der Waals surface area contributed by atoms with Gasteiger partial charge >= 0.3 is 11.7 Å². The molecule has 0 aromatic heterocycles. The summed E-state index contributed by atoms with van der Waals surface area (Å²) in [5.41, 5.74) is -1.58. The molecule has 1 unspecified atom stereocenters. The molecule has 0 bridgehead atoms. The normalized spacial score (nSPS) is 13.4. The Kier molecular flexibility index (Phi) is 4.98. The molecule has 20 heavy (non-hydrogen) atoms. The first-order valence-corrected chi connectivity index (χ1v) is 5.68. The zero-order valence-corrected chi connectivity index (χ0v) is 11.3. The van der Waals surface area contributed by atoms with E-state index in [0.29, 0.717) is 0 Å². The van der Waals surface area contributed by atoms with Gasteiger partial charge in [0.25, 0.3) is 0 Å². The van der Waals surface area contributed by atoms with Crippen LogP contribution in [0.5, 0.6) is 5.75 Å². The number of hydrogen-bond donors (Lipinski definition) is 1. The molecule has 0 fully saturated rings. The lowest BCUT2D eigenvalue weighted by molar-refractivity contribution is -0.386. The molecule has 1 rings (SSSR count). The van der Waals surface area contributed by atoms with Crippen molar-refractivity contribution >= 4 is 11.7 Å². The first kappa shape index (κ1) is 15.8. The predicted octanol–water partition coefficient (Wildman–Crippen LogP) is 1.26. The number of benzene rings is 1. The Morgan fingerprint density at radius 2 is 2.20 bits per heavy atom. The molecule has 1 N–H and O–H groups in total. The maximum Gasteiger partial charge on any atom is 0.329 e. The van der Waals surface area contributed by atoms with Gasteiger partial charge in [0.15, 0.2) is 5.75 Å². The Balaban J connectivity index is 2.96. The van der Waals surface area contributed by atoms with Crippen molar-refractivity contribution in [3.8, 4) is 5.75 Å². The zero-order chi connectivity index (χ0) is 15.3. The first-order valence-electron chi connectivity index (χ1n) is 5.68. The Bertz CT molecular complexity index is 523. The highest BCUT2D eigenvalue weighted by atomic mass is 19.1. The average Bonchev–Trinajstić information content (AvgIpc) is 2.43. The van der Waals surface area contributed by atoms with Crippen molar-refractivity contribution in [2.75, 3.05) is 20.8 Å². The molecule has 0 heterocycles. The number of hydrogen-bond acceptors (Lipinski definition) is 6. The maximum atomic E-state index is 13.1. The molecule has 0 aliphatic carbocycles. The summed E-state index contributed by atoms with van der Waals surface area (Å²) in [5.74, 6) is -1.52. The average molecular weight is 286 g/mol. The Morgan fingerprint density at radius 3 is 2.70 bits per heavy atom. The number of halogens is 1. The first-order chi connectivity index (χ1) is 9.34. The molecule has 0 spiro atoms. The van der Waals surface area contributed by atoms with Crippen molar-refractivity contribution in [3.05, 3.63) is 34.1 Å². The molecule has 0 aliphatic rings. The highest BCUT2D eigenvalue weighted by molar-refractivity contribution is 5.80. The number of esters is 1. The van der Waals surface area contributed by atoms with Crippen LogP contribution >= 0.6 is 0 Å². The van der Waals surface area contributed by atoms with Gasteiger partial charge in [-0.05, 0) is 20.0 Å². The second-order valence-electron chi connectivity index (χ2n) is 4.23. The van der Waals surface area contributed by atoms with Crippen LogP contribution in [0.4, 0.5) is 10.1 Å². The van der Waals surface area contributed by atoms with Crippen LogP contribution in [-0.2, 0) is 9.53 Å². The second kappa shape index (κ2) is 6.29. The van der Waals surface area contributed by atoms with Crippen molar-refractivity contribution in [2.45, 2.75) is 12.5 Å². The van der Waals surface area contributed by atoms with Gasteiger partial charge in [-0.25, -0.2) is 9.18 Å². The molecular weight excluding hydrogens is 271 g/mol. The lowest BCUT2D eigenvalue weighted by Crippen LogP contribution is -2.52. The molecule has 7 nitrogen and oxygen atoms in total. The molecule has 0 amide bonds. The lowest BCUT2D eigenvalue weighted by atomic mass is 10.1. The third-order valence-corrected chi connectivity index (χ3v) is 2.82. The van der Waals surface area contributed by atoms with Gasteiger partial charge in [0.05, 0.1) is 12.0 Å². The topological polar surface area (TPSA) is 90.7 Å². The van der Waals surface area contributed by atoms with E-state index in [1.165, 1.54) is 21.1 Å². The van der Waals surface area contributed by atoms with Crippen LogP contribution in [0.3, 0.4) is 0 Å². The van der Waals surface area contributed by atoms with Crippen molar-refractivity contribution in [2.24, 2.45) is 0 Å². The molecule has 0 saturated carbocycles. The van der Waals surface area contributed by atoms with Gasteiger partial charge in [-0.2, -0.15) is 0 Å². The molecule has 1 aromatic carbocycles. The van der Waals surface area contributed by atoms with E-state index in [1.807, 2.05) is 0 Å². The molecular formula is C12H15FN2O5. The molecule has 0 radical (unpaired) electrons. The molecule has 0 aliphatic heterocycles. The third-order valence-electron chi connectivity index (χ3n) is 2.82. The highest BCUT2D eigenvalue weighted by Crippen LogP contribution is 2.28. The monoisotopic (exact) mass is 286 g/mol. The predicted molar refractivity (Wildman–Crippen MR) is 68.0 cm³/mol. The van der Waals surface area contributed by atoms with Crippen molar-refractivity contribution in [1.82, 2.24) is 5.32 Å². The number of likely N-dealkylation sites (N-methyl/N-ethyl adjacent to an activating group) is 1. The van der Waals surface area contributed by atoms with E-state index < -0.39 is 22.2 Å². The van der Waals surface area contributed by atoms with E-state index in [1.54, 1.807) is 0 Å². The largest absolute Gasteiger partial charge is 0.484 e. The summed E-state index contributed by atoms with van der Waals surface area (Å²) >= 11 is 0. The number of nitrogens with zero attached hydrogens (tertiary/aromatic N) is 1. The number of carbonyl (C=O) groups is 1. The maximum absolute atomic E-state index is 13.1. The molecule has 110 valence electrons. The summed E-state index contributed by atoms with van der Waals surface area (Å²) in [6, 6.07) is 2.85. The van der Waals surface area contributed by atoms with E-state index in [4.69, 9.17) is 4.74 Å². The minimum atomic E-state index is -1.20. The summed E-state index contributed by atoms with van der Waals surface area (Å²) < 4.78 is 22.9. The van der Waals surface area contributed by atoms with Crippen molar-refractivity contribution in [1.29, 1.82) is 0 Å². The summed E-state index contributed by atoms with van der Waals surface area (Å²) in [6.07, 6.45) is 0. The van der Waals surface area contributed by atoms with E-state index in [0.717, 1.165) is 18.2 Å². The van der Waals surface area contributed by atoms with Crippen LogP contribution in [0, 0.1) is 15.9 Å². The number of rotatable bonds is 6. The van der Waals surface area contributed by atoms with E-state index in [-0.39, 0.29) is 18.0 Å². The van der Waals surface area contributed by atoms with Gasteiger partial charge in [-0.1, -0.05) is 0 Å². The number of carbonyl (C=O) groups excluding carboxylic acids is 1. The van der Waals surface area contributed by atoms with Gasteiger partial charge < -0.3 is 14.8 Å². The molecule has 0 saturated heterocycles. The minimum absolute atomic E-state index is 0.250. The van der Waals surface area contributed by atoms with Gasteiger partial charge in [0, 0.05) is 12.1 Å². The highest BCUT2D eigenvalue weighted by Gasteiger charge is 2.34. The summed E-state index contributed by atoms with van der Waals surface area (Å²) in [5, 5.41) is 13.5. The van der Waals surface area contributed by atoms with Crippen molar-refractivity contribution < 1.29 is 23.6 Å². The standard InChI is InChI=1S/C12H15FN2O5/c1-12(14-2,11(16)19-3)7-20-10-6-8(13)4-5-9(10)15(17)18/h4-6,14H,7H2,1-3H3. The van der Waals surface area contributed by atoms with Gasteiger partial charge in [-0.3, -0.25) is 10.1 Å². The van der Waals surface area contributed by atoms with E-state index in [9.17, 15) is 19.3 Å². The summed E-state index contributed by atoms with van der Waals surface area (Å²) in [6.45, 7) is 1.25. The van der Waals surface area contributed by atoms with Crippen LogP contribution in [-0.4, -0.2) is 37.2 Å². The number of nitro groups is 1. The minimum Gasteiger partial charge on any atom is -0.484 e. The number of methoxy groups -OCH3 is 1. The fourth-order valence-electron chi connectivity index (χ4n) is 1.43. The van der Waals surface area contributed by atoms with Crippen LogP contribution in [0.25, 0.3) is 0 Å². The quantitative estimate of drug-likeness (QED) is 0.481. The zero-order valence-electron chi connectivity index (χ0n) is 11.3. The lowest BCUT2D eigenvalue weighted by Gasteiger charge is -2.25. The van der Waals surface area contributed by atoms with E-state index in [2.05, 4.69) is 10.1 Å². The number of nitro benzene ring substituents is 1. The second-order valence-corrected chi connectivity index (χ2v) is 4.23. The number of nitrogens with one attached hydrogen (secondary N) is 1. The Labute approximate surface area is 114 Å². The van der Waals surface area contributed by atoms with E-state index >= 15 is 0 Å². The fourth-order valence-corrected chi connectivity index (χ4v) is 1.43. The van der Waals surface area contributed by atoms with Crippen LogP contribution < -0.4 is 10.1 Å². The smallest absolute Gasteiger partial charge is 0.329 e. The molecule has 8 heteroatoms. The van der Waals surface area contributed by atoms with Gasteiger partial charge in [-0.15, -0.1) is 0 Å². The Morgan fingerprint density at radius 1 is 1.55 bits per heavy atom.